The first-order valence-electron chi connectivity index (χ1n) is 7.01. The lowest BCUT2D eigenvalue weighted by Crippen LogP contribution is -2.29. The van der Waals surface area contributed by atoms with Crippen molar-refractivity contribution in [3.8, 4) is 0 Å². The normalized spacial score (nSPS) is 19.0. The summed E-state index contributed by atoms with van der Waals surface area (Å²) in [4.78, 5) is 0. The monoisotopic (exact) mass is 316 g/mol. The van der Waals surface area contributed by atoms with Crippen LogP contribution in [0.3, 0.4) is 0 Å². The van der Waals surface area contributed by atoms with Gasteiger partial charge < -0.3 is 5.73 Å². The molecule has 0 saturated carbocycles. The van der Waals surface area contributed by atoms with Crippen LogP contribution in [-0.4, -0.2) is 21.9 Å². The number of fused-ring (bicyclic) bond motifs is 1. The summed E-state index contributed by atoms with van der Waals surface area (Å²) in [6.45, 7) is 1.94. The standard InChI is InChI=1S/C15H17ClN6/c1-8-14-12(20-19-8)6-9(7-13(14)21-22-15(17)18)10-4-2-3-5-11(10)16/h2-5,9H,6-7H2,1H3,(H,19,20)(H4,17,18,22)/b21-13-. The van der Waals surface area contributed by atoms with Gasteiger partial charge in [-0.3, -0.25) is 10.5 Å². The van der Waals surface area contributed by atoms with Gasteiger partial charge in [0.25, 0.3) is 0 Å². The number of hydrogen-bond donors (Lipinski definition) is 4. The molecule has 22 heavy (non-hydrogen) atoms. The Morgan fingerprint density at radius 3 is 2.95 bits per heavy atom. The molecule has 0 fully saturated rings. The summed E-state index contributed by atoms with van der Waals surface area (Å²) in [5.41, 5.74) is 12.8. The van der Waals surface area contributed by atoms with Gasteiger partial charge in [0.05, 0.1) is 11.4 Å². The molecule has 6 nitrogen and oxygen atoms in total. The lowest BCUT2D eigenvalue weighted by molar-refractivity contribution is 0.677. The maximum atomic E-state index is 7.28. The molecule has 2 aromatic rings. The molecule has 0 spiro atoms. The van der Waals surface area contributed by atoms with Gasteiger partial charge in [-0.1, -0.05) is 29.8 Å². The molecule has 0 radical (unpaired) electrons. The molecule has 1 heterocycles. The molecule has 1 aliphatic rings. The van der Waals surface area contributed by atoms with Crippen LogP contribution in [0.5, 0.6) is 0 Å². The van der Waals surface area contributed by atoms with Gasteiger partial charge in [-0.25, -0.2) is 5.43 Å². The number of H-pyrrole nitrogens is 1. The minimum atomic E-state index is -0.185. The predicted molar refractivity (Wildman–Crippen MR) is 87.4 cm³/mol. The zero-order chi connectivity index (χ0) is 15.7. The summed E-state index contributed by atoms with van der Waals surface area (Å²) in [6.07, 6.45) is 1.55. The van der Waals surface area contributed by atoms with Gasteiger partial charge in [-0.2, -0.15) is 10.2 Å². The summed E-state index contributed by atoms with van der Waals surface area (Å²) >= 11 is 6.33. The Kier molecular flexibility index (Phi) is 3.85. The number of guanidine groups is 1. The van der Waals surface area contributed by atoms with E-state index in [9.17, 15) is 0 Å². The smallest absolute Gasteiger partial charge is 0.206 e. The van der Waals surface area contributed by atoms with E-state index in [1.807, 2.05) is 31.2 Å². The Hall–Kier alpha value is -2.34. The largest absolute Gasteiger partial charge is 0.369 e. The van der Waals surface area contributed by atoms with Crippen molar-refractivity contribution in [2.45, 2.75) is 25.7 Å². The predicted octanol–water partition coefficient (Wildman–Crippen LogP) is 2.29. The first-order valence-corrected chi connectivity index (χ1v) is 7.39. The Labute approximate surface area is 133 Å². The molecular formula is C15H17ClN6. The number of nitrogens with one attached hydrogen (secondary N) is 3. The van der Waals surface area contributed by atoms with Crippen LogP contribution in [0.1, 0.15) is 34.9 Å². The second-order valence-corrected chi connectivity index (χ2v) is 5.78. The topological polar surface area (TPSA) is 103 Å². The quantitative estimate of drug-likeness (QED) is 0.388. The highest BCUT2D eigenvalue weighted by Gasteiger charge is 2.29. The van der Waals surface area contributed by atoms with E-state index in [1.165, 1.54) is 0 Å². The van der Waals surface area contributed by atoms with Gasteiger partial charge in [0.2, 0.25) is 5.96 Å². The van der Waals surface area contributed by atoms with Gasteiger partial charge in [-0.05, 0) is 37.3 Å². The van der Waals surface area contributed by atoms with Crippen LogP contribution in [-0.2, 0) is 6.42 Å². The van der Waals surface area contributed by atoms with Crippen molar-refractivity contribution in [3.63, 3.8) is 0 Å². The van der Waals surface area contributed by atoms with Crippen LogP contribution in [0.25, 0.3) is 0 Å². The number of hydrazone groups is 1. The maximum Gasteiger partial charge on any atom is 0.206 e. The van der Waals surface area contributed by atoms with Gasteiger partial charge in [0, 0.05) is 16.3 Å². The lowest BCUT2D eigenvalue weighted by Gasteiger charge is -2.24. The first-order chi connectivity index (χ1) is 10.6. The average Bonchev–Trinajstić information content (AvgIpc) is 2.87. The first kappa shape index (κ1) is 14.6. The molecule has 0 saturated heterocycles. The van der Waals surface area contributed by atoms with Crippen molar-refractivity contribution < 1.29 is 0 Å². The average molecular weight is 317 g/mol. The molecule has 1 aliphatic carbocycles. The Morgan fingerprint density at radius 1 is 1.45 bits per heavy atom. The van der Waals surface area contributed by atoms with E-state index >= 15 is 0 Å². The molecule has 1 aromatic heterocycles. The number of nitrogens with two attached hydrogens (primary N) is 1. The fourth-order valence-corrected chi connectivity index (χ4v) is 3.21. The van der Waals surface area contributed by atoms with Gasteiger partial charge >= 0.3 is 0 Å². The van der Waals surface area contributed by atoms with E-state index in [2.05, 4.69) is 20.7 Å². The molecule has 1 aromatic carbocycles. The lowest BCUT2D eigenvalue weighted by atomic mass is 9.81. The molecule has 7 heteroatoms. The fourth-order valence-electron chi connectivity index (χ4n) is 2.92. The number of aromatic nitrogens is 2. The molecule has 0 amide bonds. The third kappa shape index (κ3) is 2.69. The molecule has 5 N–H and O–H groups in total. The van der Waals surface area contributed by atoms with Crippen molar-refractivity contribution in [1.29, 1.82) is 5.41 Å². The van der Waals surface area contributed by atoms with E-state index in [0.29, 0.717) is 0 Å². The van der Waals surface area contributed by atoms with Gasteiger partial charge in [0.1, 0.15) is 0 Å². The number of rotatable bonds is 2. The molecule has 3 rings (SSSR count). The summed E-state index contributed by atoms with van der Waals surface area (Å²) in [6, 6.07) is 7.85. The zero-order valence-corrected chi connectivity index (χ0v) is 12.9. The van der Waals surface area contributed by atoms with Crippen LogP contribution >= 0.6 is 11.6 Å². The SMILES string of the molecule is Cc1n[nH]c2c1/C(=N\NC(=N)N)CC(c1ccccc1Cl)C2. The van der Waals surface area contributed by atoms with Crippen molar-refractivity contribution in [3.05, 3.63) is 51.8 Å². The molecule has 1 atom stereocenters. The number of benzene rings is 1. The van der Waals surface area contributed by atoms with Gasteiger partial charge in [-0.15, -0.1) is 0 Å². The number of aromatic amines is 1. The molecule has 0 bridgehead atoms. The summed E-state index contributed by atoms with van der Waals surface area (Å²) in [7, 11) is 0. The Balaban J connectivity index is 2.00. The van der Waals surface area contributed by atoms with Crippen LogP contribution in [0.4, 0.5) is 0 Å². The highest BCUT2D eigenvalue weighted by atomic mass is 35.5. The van der Waals surface area contributed by atoms with Crippen molar-refractivity contribution in [2.75, 3.05) is 0 Å². The number of aryl methyl sites for hydroxylation is 1. The Morgan fingerprint density at radius 2 is 2.23 bits per heavy atom. The second kappa shape index (κ2) is 5.81. The van der Waals surface area contributed by atoms with Crippen LogP contribution in [0.2, 0.25) is 5.02 Å². The molecule has 0 aliphatic heterocycles. The van der Waals surface area contributed by atoms with Crippen molar-refractivity contribution >= 4 is 23.3 Å². The second-order valence-electron chi connectivity index (χ2n) is 5.37. The highest BCUT2D eigenvalue weighted by Crippen LogP contribution is 2.36. The number of nitrogens with zero attached hydrogens (tertiary/aromatic N) is 2. The zero-order valence-electron chi connectivity index (χ0n) is 12.2. The third-order valence-electron chi connectivity index (χ3n) is 3.86. The van der Waals surface area contributed by atoms with E-state index < -0.39 is 0 Å². The summed E-state index contributed by atoms with van der Waals surface area (Å²) in [5.74, 6) is 0.0311. The van der Waals surface area contributed by atoms with Crippen LogP contribution in [0, 0.1) is 12.3 Å². The van der Waals surface area contributed by atoms with E-state index in [0.717, 1.165) is 46.1 Å². The minimum Gasteiger partial charge on any atom is -0.369 e. The van der Waals surface area contributed by atoms with E-state index in [1.54, 1.807) is 0 Å². The Bertz CT molecular complexity index is 748. The molecular weight excluding hydrogens is 300 g/mol. The van der Waals surface area contributed by atoms with Crippen LogP contribution < -0.4 is 11.2 Å². The highest BCUT2D eigenvalue weighted by molar-refractivity contribution is 6.31. The summed E-state index contributed by atoms with van der Waals surface area (Å²) < 4.78 is 0. The molecule has 1 unspecified atom stereocenters. The van der Waals surface area contributed by atoms with Crippen molar-refractivity contribution in [2.24, 2.45) is 10.8 Å². The van der Waals surface area contributed by atoms with Crippen LogP contribution in [0.15, 0.2) is 29.4 Å². The maximum absolute atomic E-state index is 7.28. The fraction of sp³-hybridized carbons (Fsp3) is 0.267. The van der Waals surface area contributed by atoms with E-state index in [-0.39, 0.29) is 11.9 Å². The number of hydrogen-bond acceptors (Lipinski definition) is 3. The van der Waals surface area contributed by atoms with Gasteiger partial charge in [0.15, 0.2) is 0 Å². The third-order valence-corrected chi connectivity index (χ3v) is 4.20. The minimum absolute atomic E-state index is 0.185. The summed E-state index contributed by atoms with van der Waals surface area (Å²) in [5, 5.41) is 19.7. The van der Waals surface area contributed by atoms with Crippen molar-refractivity contribution in [1.82, 2.24) is 15.6 Å². The number of halogens is 1. The van der Waals surface area contributed by atoms with E-state index in [4.69, 9.17) is 22.7 Å². The molecule has 114 valence electrons.